The van der Waals surface area contributed by atoms with E-state index in [9.17, 15) is 75.6 Å². The van der Waals surface area contributed by atoms with E-state index in [0.717, 1.165) is 20.9 Å². The minimum Gasteiger partial charge on any atom is -0.458 e. The van der Waals surface area contributed by atoms with Gasteiger partial charge in [0.25, 0.3) is 10.1 Å². The van der Waals surface area contributed by atoms with E-state index in [2.05, 4.69) is 79.1 Å². The number of aliphatic hydroxyl groups excluding tert-OH is 1. The molecule has 3 aliphatic rings. The fourth-order valence-electron chi connectivity index (χ4n) is 14.0. The van der Waals surface area contributed by atoms with E-state index in [1.807, 2.05) is 0 Å². The summed E-state index contributed by atoms with van der Waals surface area (Å²) in [5, 5.41) is 34.6. The lowest BCUT2D eigenvalue weighted by Crippen LogP contribution is -2.64. The van der Waals surface area contributed by atoms with Gasteiger partial charge in [-0.1, -0.05) is 102 Å². The summed E-state index contributed by atoms with van der Waals surface area (Å²) in [5.74, 6) is -17.3. The first kappa shape index (κ1) is 96.0. The van der Waals surface area contributed by atoms with Crippen molar-refractivity contribution in [1.82, 2.24) is 72.9 Å². The summed E-state index contributed by atoms with van der Waals surface area (Å²) in [7, 11) is -4.74. The van der Waals surface area contributed by atoms with E-state index in [0.29, 0.717) is 25.8 Å². The molecule has 0 saturated carbocycles. The maximum atomic E-state index is 15.4. The van der Waals surface area contributed by atoms with Crippen LogP contribution in [0.15, 0.2) is 64.2 Å². The Morgan fingerprint density at radius 2 is 1.42 bits per heavy atom. The molecule has 0 bridgehead atoms. The average molecular weight is 1740 g/mol. The molecule has 15 atom stereocenters. The normalized spacial score (nSPS) is 21.8. The molecule has 15 amide bonds. The second-order valence-corrected chi connectivity index (χ2v) is 34.6. The second-order valence-electron chi connectivity index (χ2n) is 32.1. The van der Waals surface area contributed by atoms with Gasteiger partial charge in [0.2, 0.25) is 89.1 Å². The van der Waals surface area contributed by atoms with E-state index in [4.69, 9.17) is 27.7 Å². The number of benzene rings is 2. The van der Waals surface area contributed by atoms with Crippen LogP contribution in [-0.4, -0.2) is 255 Å². The standard InChI is InChI=1S/C76H112BrN19O21S/c1-13-75(9,10)59(92-67(108)58(74(6,7)8)91-64(105)49-22-17-31-95(49)71(112)56(90-60(101)39(4)85-37-97)57(100)41-24-26-43(77)27-25-41)68(109)87-47(33-42-35-83-45-20-15-14-19-44(42)45)62(103)86-46(21-16-30-82-73(80)81)61(102)84-36-51(118(114,115)116)66(107)89-55-40(5)117-72(113)76(11,34-53(79)99)93-65(106)50-23-18-32-96(50)70(111)54(38(2)3)88-63(104)48(28-29-52(78)98)94(12)69(55)110/h14-15,19-20,24-27,35,37-40,46-51,54-59,83,100H,13,16-18,21-23,28-34,36H2,1-12H3,(H2,78,98)(H2,79,99)(H,84,102)(H,85,97)(H,86,103)(H,87,109)(H,88,104)(H,89,107)(H,90,101)(H,91,105)(H,92,108)(H,93,106)(H4,80,81,82)(H,114,115,116)/t39-,40-,46+,47-,48+,49+,50+,51?,54-,55?,56?,57?,58+,59?,76-/m1/s1. The highest BCUT2D eigenvalue weighted by molar-refractivity contribution is 9.10. The molecule has 650 valence electrons. The Morgan fingerprint density at radius 3 is 2.03 bits per heavy atom. The number of rotatable bonds is 35. The Labute approximate surface area is 691 Å². The van der Waals surface area contributed by atoms with Gasteiger partial charge in [-0.3, -0.25) is 81.5 Å². The molecule has 1 aromatic heterocycles. The molecule has 2 aromatic carbocycles. The van der Waals surface area contributed by atoms with E-state index in [1.165, 1.54) is 28.9 Å². The van der Waals surface area contributed by atoms with Crippen molar-refractivity contribution in [1.29, 1.82) is 0 Å². The molecule has 118 heavy (non-hydrogen) atoms. The van der Waals surface area contributed by atoms with Crippen molar-refractivity contribution < 1.29 is 99.5 Å². The number of halogens is 1. The van der Waals surface area contributed by atoms with Gasteiger partial charge in [-0.25, -0.2) is 4.79 Å². The van der Waals surface area contributed by atoms with Gasteiger partial charge in [-0.05, 0) is 118 Å². The number of likely N-dealkylation sites (tertiary alicyclic amines) is 1. The number of primary amides is 2. The molecule has 3 fully saturated rings. The molecule has 3 aliphatic heterocycles. The summed E-state index contributed by atoms with van der Waals surface area (Å²) in [6, 6.07) is -4.25. The van der Waals surface area contributed by atoms with Crippen molar-refractivity contribution in [3.8, 4) is 0 Å². The van der Waals surface area contributed by atoms with Crippen LogP contribution in [0.2, 0.25) is 0 Å². The first-order valence-electron chi connectivity index (χ1n) is 38.6. The largest absolute Gasteiger partial charge is 0.458 e. The predicted octanol–water partition coefficient (Wildman–Crippen LogP) is -2.93. The number of amides is 15. The summed E-state index contributed by atoms with van der Waals surface area (Å²) in [6.45, 7) is 14.8. The van der Waals surface area contributed by atoms with Crippen LogP contribution in [0.25, 0.3) is 10.9 Å². The third-order valence-corrected chi connectivity index (χ3v) is 22.9. The zero-order valence-electron chi connectivity index (χ0n) is 68.1. The second kappa shape index (κ2) is 41.5. The number of aliphatic imine (C=N–C) groups is 1. The van der Waals surface area contributed by atoms with Crippen molar-refractivity contribution in [3.05, 3.63) is 70.3 Å². The van der Waals surface area contributed by atoms with E-state index < -0.39 is 231 Å². The first-order chi connectivity index (χ1) is 55.1. The molecule has 0 spiro atoms. The Hall–Kier alpha value is -10.9. The first-order valence-corrected chi connectivity index (χ1v) is 40.9. The highest BCUT2D eigenvalue weighted by Gasteiger charge is 2.50. The molecule has 21 N–H and O–H groups in total. The van der Waals surface area contributed by atoms with Gasteiger partial charge in [0, 0.05) is 67.6 Å². The number of hydrogen-bond donors (Lipinski definition) is 17. The molecule has 0 aliphatic carbocycles. The highest BCUT2D eigenvalue weighted by atomic mass is 79.9. The number of nitrogens with two attached hydrogens (primary N) is 4. The van der Waals surface area contributed by atoms with Crippen LogP contribution >= 0.6 is 15.9 Å². The number of likely N-dealkylation sites (N-methyl/N-ethyl adjacent to an activating group) is 1. The van der Waals surface area contributed by atoms with E-state index >= 15 is 19.2 Å². The van der Waals surface area contributed by atoms with Gasteiger partial charge in [0.1, 0.15) is 84.2 Å². The zero-order valence-corrected chi connectivity index (χ0v) is 70.5. The molecule has 4 heterocycles. The summed E-state index contributed by atoms with van der Waals surface area (Å²) in [5.41, 5.74) is 18.9. The third-order valence-electron chi connectivity index (χ3n) is 21.3. The van der Waals surface area contributed by atoms with Gasteiger partial charge in [0.05, 0.1) is 6.42 Å². The number of aromatic nitrogens is 1. The fourth-order valence-corrected chi connectivity index (χ4v) is 14.9. The molecular formula is C76H112BrN19O21S. The van der Waals surface area contributed by atoms with Gasteiger partial charge in [0.15, 0.2) is 11.2 Å². The van der Waals surface area contributed by atoms with Gasteiger partial charge in [-0.2, -0.15) is 8.42 Å². The number of nitrogens with zero attached hydrogens (tertiary/aromatic N) is 4. The summed E-state index contributed by atoms with van der Waals surface area (Å²) in [4.78, 5) is 237. The van der Waals surface area contributed by atoms with Crippen LogP contribution in [0.1, 0.15) is 158 Å². The Balaban J connectivity index is 1.33. The third kappa shape index (κ3) is 25.3. The van der Waals surface area contributed by atoms with Crippen LogP contribution in [0.5, 0.6) is 0 Å². The monoisotopic (exact) mass is 1740 g/mol. The molecule has 42 heteroatoms. The molecule has 3 saturated heterocycles. The quantitative estimate of drug-likeness (QED) is 0.00700. The van der Waals surface area contributed by atoms with Crippen LogP contribution < -0.4 is 76.1 Å². The van der Waals surface area contributed by atoms with Gasteiger partial charge in [-0.15, -0.1) is 0 Å². The Morgan fingerprint density at radius 1 is 0.788 bits per heavy atom. The minimum absolute atomic E-state index is 0.00685. The maximum Gasteiger partial charge on any atom is 0.332 e. The molecule has 3 aromatic rings. The number of para-hydroxylation sites is 1. The minimum atomic E-state index is -5.75. The number of esters is 1. The Kier molecular flexibility index (Phi) is 33.7. The zero-order chi connectivity index (χ0) is 88.4. The number of aliphatic hydroxyl groups is 1. The lowest BCUT2D eigenvalue weighted by atomic mass is 9.80. The van der Waals surface area contributed by atoms with Crippen molar-refractivity contribution in [2.24, 2.45) is 44.7 Å². The fraction of sp³-hybridized carbons (Fsp3) is 0.592. The summed E-state index contributed by atoms with van der Waals surface area (Å²) in [6.07, 6.45) is -3.90. The van der Waals surface area contributed by atoms with Gasteiger partial charge >= 0.3 is 5.97 Å². The van der Waals surface area contributed by atoms with Crippen LogP contribution in [0.4, 0.5) is 0 Å². The lowest BCUT2D eigenvalue weighted by Gasteiger charge is -2.38. The number of fused-ring (bicyclic) bond motifs is 2. The molecule has 6 rings (SSSR count). The SMILES string of the molecule is CCC(C)(C)C(NC(=O)[C@H](NC(=O)[C@@H]1CCCN1C(=O)C(NC(=O)[C@@H](C)NC=O)C(O)c1ccc(Br)cc1)C(C)(C)C)C(=O)N[C@H](Cc1c[nH]c2ccccc12)C(=O)N[C@@H](CCCN=C(N)N)C(=O)NCC(C(=O)NC1C(=O)N(C)[C@@H](CCC(N)=O)C(=O)N[C@H](C(C)C)C(=O)N2CCC[C@H]2C(=O)N[C@](C)(CC(N)=O)C(=O)O[C@@H]1C)S(=O)(=O)O. The molecule has 40 nitrogen and oxygen atoms in total. The predicted molar refractivity (Wildman–Crippen MR) is 430 cm³/mol. The maximum absolute atomic E-state index is 15.4. The van der Waals surface area contributed by atoms with Crippen LogP contribution in [-0.2, 0) is 98.0 Å². The lowest BCUT2D eigenvalue weighted by molar-refractivity contribution is -0.164. The number of aromatic amines is 1. The number of carbonyl (C=O) groups is 16. The summed E-state index contributed by atoms with van der Waals surface area (Å²) >= 11 is 3.34. The number of hydrogen-bond acceptors (Lipinski definition) is 21. The topological polar surface area (TPSA) is 619 Å². The van der Waals surface area contributed by atoms with Crippen LogP contribution in [0.3, 0.4) is 0 Å². The smallest absolute Gasteiger partial charge is 0.332 e. The number of H-pyrrole nitrogens is 1. The molecule has 5 unspecified atom stereocenters. The van der Waals surface area contributed by atoms with Crippen molar-refractivity contribution in [2.45, 2.75) is 236 Å². The van der Waals surface area contributed by atoms with Crippen molar-refractivity contribution in [2.75, 3.05) is 33.2 Å². The average Bonchev–Trinajstić information content (AvgIpc) is 1.24. The van der Waals surface area contributed by atoms with Crippen molar-refractivity contribution in [3.63, 3.8) is 0 Å². The Bertz CT molecular complexity index is 4380. The molecular weight excluding hydrogens is 1630 g/mol. The van der Waals surface area contributed by atoms with Crippen LogP contribution in [0, 0.1) is 16.7 Å². The molecule has 0 radical (unpaired) electrons. The van der Waals surface area contributed by atoms with Gasteiger partial charge < -0.3 is 106 Å². The summed E-state index contributed by atoms with van der Waals surface area (Å²) < 4.78 is 44.3. The highest BCUT2D eigenvalue weighted by Crippen LogP contribution is 2.31. The number of ether oxygens (including phenoxy) is 1. The number of cyclic esters (lactones) is 1. The van der Waals surface area contributed by atoms with E-state index in [-0.39, 0.29) is 88.9 Å². The number of carbonyl (C=O) groups excluding carboxylic acids is 16. The van der Waals surface area contributed by atoms with E-state index in [1.54, 1.807) is 98.0 Å². The number of nitrogens with one attached hydrogen (secondary N) is 11. The number of guanidine groups is 1. The van der Waals surface area contributed by atoms with Crippen molar-refractivity contribution >= 4 is 138 Å².